The van der Waals surface area contributed by atoms with Gasteiger partial charge in [-0.1, -0.05) is 78.9 Å². The van der Waals surface area contributed by atoms with Crippen LogP contribution in [0.5, 0.6) is 0 Å². The van der Waals surface area contributed by atoms with Gasteiger partial charge in [-0.15, -0.1) is 0 Å². The van der Waals surface area contributed by atoms with Crippen LogP contribution in [-0.4, -0.2) is 34.2 Å². The van der Waals surface area contributed by atoms with Crippen molar-refractivity contribution in [1.29, 1.82) is 0 Å². The Labute approximate surface area is 227 Å². The summed E-state index contributed by atoms with van der Waals surface area (Å²) in [6.45, 7) is 1.44. The first kappa shape index (κ1) is 24.7. The average Bonchev–Trinajstić information content (AvgIpc) is 3.37. The predicted octanol–water partition coefficient (Wildman–Crippen LogP) is 6.52. The minimum absolute atomic E-state index is 0.0857. The molecule has 0 N–H and O–H groups in total. The van der Waals surface area contributed by atoms with Gasteiger partial charge in [-0.05, 0) is 61.1 Å². The quantitative estimate of drug-likeness (QED) is 0.284. The van der Waals surface area contributed by atoms with Crippen molar-refractivity contribution in [2.75, 3.05) is 6.61 Å². The van der Waals surface area contributed by atoms with Crippen LogP contribution in [0.15, 0.2) is 102 Å². The molecule has 1 amide bonds. The molecule has 0 spiro atoms. The van der Waals surface area contributed by atoms with Crippen LogP contribution in [0.3, 0.4) is 0 Å². The van der Waals surface area contributed by atoms with Gasteiger partial charge in [0.25, 0.3) is 5.91 Å². The summed E-state index contributed by atoms with van der Waals surface area (Å²) < 4.78 is 5.58. The summed E-state index contributed by atoms with van der Waals surface area (Å²) in [5.74, 6) is -0.800. The molecule has 4 aromatic rings. The fourth-order valence-electron chi connectivity index (χ4n) is 5.69. The minimum Gasteiger partial charge on any atom is -0.452 e. The van der Waals surface area contributed by atoms with Crippen LogP contribution in [0, 0.1) is 12.8 Å². The summed E-state index contributed by atoms with van der Waals surface area (Å²) in [5.41, 5.74) is 6.08. The van der Waals surface area contributed by atoms with E-state index in [2.05, 4.69) is 23.2 Å². The molecule has 0 bridgehead atoms. The highest BCUT2D eigenvalue weighted by molar-refractivity contribution is 6.08. The third kappa shape index (κ3) is 4.98. The molecule has 1 saturated carbocycles. The normalized spacial score (nSPS) is 19.6. The van der Waals surface area contributed by atoms with E-state index < -0.39 is 5.97 Å². The van der Waals surface area contributed by atoms with Gasteiger partial charge >= 0.3 is 5.97 Å². The lowest BCUT2D eigenvalue weighted by Gasteiger charge is -2.29. The number of pyridine rings is 1. The Morgan fingerprint density at radius 3 is 2.49 bits per heavy atom. The molecule has 2 atom stereocenters. The first-order chi connectivity index (χ1) is 19.1. The Bertz CT molecular complexity index is 1590. The largest absolute Gasteiger partial charge is 0.452 e. The van der Waals surface area contributed by atoms with E-state index in [4.69, 9.17) is 9.84 Å². The lowest BCUT2D eigenvalue weighted by atomic mass is 9.77. The van der Waals surface area contributed by atoms with Crippen molar-refractivity contribution >= 4 is 34.6 Å². The van der Waals surface area contributed by atoms with Gasteiger partial charge < -0.3 is 4.74 Å². The smallest absolute Gasteiger partial charge is 0.339 e. The number of hydrogen-bond acceptors (Lipinski definition) is 5. The Morgan fingerprint density at radius 1 is 0.974 bits per heavy atom. The van der Waals surface area contributed by atoms with Crippen molar-refractivity contribution < 1.29 is 14.3 Å². The number of ether oxygens (including phenoxy) is 1. The second kappa shape index (κ2) is 10.7. The first-order valence-electron chi connectivity index (χ1n) is 13.3. The van der Waals surface area contributed by atoms with E-state index in [1.165, 1.54) is 0 Å². The number of carbonyl (C=O) groups excluding carboxylic acids is 2. The van der Waals surface area contributed by atoms with Gasteiger partial charge in [-0.3, -0.25) is 9.78 Å². The zero-order valence-electron chi connectivity index (χ0n) is 21.8. The third-order valence-electron chi connectivity index (χ3n) is 7.43. The molecule has 6 nitrogen and oxygen atoms in total. The van der Waals surface area contributed by atoms with Crippen molar-refractivity contribution in [1.82, 2.24) is 9.99 Å². The van der Waals surface area contributed by atoms with Crippen molar-refractivity contribution in [3.8, 4) is 0 Å². The average molecular weight is 516 g/mol. The SMILES string of the molecule is Cc1cc(C(=O)OCC(=O)N2N=C3C(=Cc4ccccc4)CCCC3C2c2ccccc2)c2ccccc2n1. The van der Waals surface area contributed by atoms with Crippen LogP contribution in [0.1, 0.15) is 52.5 Å². The van der Waals surface area contributed by atoms with E-state index in [1.807, 2.05) is 79.7 Å². The monoisotopic (exact) mass is 515 g/mol. The van der Waals surface area contributed by atoms with Crippen LogP contribution >= 0.6 is 0 Å². The van der Waals surface area contributed by atoms with Crippen LogP contribution in [0.4, 0.5) is 0 Å². The van der Waals surface area contributed by atoms with E-state index in [9.17, 15) is 9.59 Å². The van der Waals surface area contributed by atoms with E-state index in [0.29, 0.717) is 22.2 Å². The second-order valence-corrected chi connectivity index (χ2v) is 10.1. The first-order valence-corrected chi connectivity index (χ1v) is 13.3. The van der Waals surface area contributed by atoms with E-state index in [-0.39, 0.29) is 24.5 Å². The standard InChI is InChI=1S/C33H29N3O3/c1-22-19-28(26-16-8-9-18-29(26)34-22)33(38)39-21-30(37)36-32(24-13-6-3-7-14-24)27-17-10-15-25(31(27)35-36)20-23-11-4-2-5-12-23/h2-9,11-14,16,18-20,27,32H,10,15,17,21H2,1H3. The van der Waals surface area contributed by atoms with Gasteiger partial charge in [-0.25, -0.2) is 9.80 Å². The number of allylic oxidation sites excluding steroid dienone is 1. The number of hydrogen-bond donors (Lipinski definition) is 0. The van der Waals surface area contributed by atoms with Crippen LogP contribution in [0.2, 0.25) is 0 Å². The summed E-state index contributed by atoms with van der Waals surface area (Å²) >= 11 is 0. The van der Waals surface area contributed by atoms with Crippen molar-refractivity contribution in [3.63, 3.8) is 0 Å². The molecule has 1 fully saturated rings. The van der Waals surface area contributed by atoms with Gasteiger partial charge in [0.15, 0.2) is 6.61 Å². The fraction of sp³-hybridized carbons (Fsp3) is 0.212. The number of aryl methyl sites for hydroxylation is 1. The number of nitrogens with zero attached hydrogens (tertiary/aromatic N) is 3. The molecule has 6 heteroatoms. The van der Waals surface area contributed by atoms with E-state index in [1.54, 1.807) is 11.1 Å². The molecular formula is C33H29N3O3. The maximum absolute atomic E-state index is 13.6. The molecular weight excluding hydrogens is 486 g/mol. The molecule has 6 rings (SSSR count). The number of carbonyl (C=O) groups is 2. The van der Waals surface area contributed by atoms with Gasteiger partial charge in [-0.2, -0.15) is 5.10 Å². The van der Waals surface area contributed by atoms with Crippen LogP contribution < -0.4 is 0 Å². The van der Waals surface area contributed by atoms with Crippen LogP contribution in [-0.2, 0) is 9.53 Å². The maximum atomic E-state index is 13.6. The summed E-state index contributed by atoms with van der Waals surface area (Å²) in [7, 11) is 0. The zero-order valence-corrected chi connectivity index (χ0v) is 21.8. The summed E-state index contributed by atoms with van der Waals surface area (Å²) in [6, 6.07) is 29.1. The molecule has 2 heterocycles. The van der Waals surface area contributed by atoms with Gasteiger partial charge in [0.2, 0.25) is 0 Å². The molecule has 2 unspecified atom stereocenters. The highest BCUT2D eigenvalue weighted by Crippen LogP contribution is 2.44. The number of amides is 1. The number of rotatable bonds is 5. The Balaban J connectivity index is 1.29. The molecule has 2 aliphatic rings. The lowest BCUT2D eigenvalue weighted by molar-refractivity contribution is -0.137. The third-order valence-corrected chi connectivity index (χ3v) is 7.43. The van der Waals surface area contributed by atoms with Crippen molar-refractivity contribution in [2.45, 2.75) is 32.2 Å². The minimum atomic E-state index is -0.546. The number of aromatic nitrogens is 1. The molecule has 194 valence electrons. The Hall–Kier alpha value is -4.58. The number of hydrazone groups is 1. The van der Waals surface area contributed by atoms with E-state index in [0.717, 1.165) is 41.7 Å². The van der Waals surface area contributed by atoms with Gasteiger partial charge in [0, 0.05) is 17.0 Å². The molecule has 0 saturated heterocycles. The Kier molecular flexibility index (Phi) is 6.76. The maximum Gasteiger partial charge on any atom is 0.339 e. The zero-order chi connectivity index (χ0) is 26.8. The Morgan fingerprint density at radius 2 is 1.69 bits per heavy atom. The molecule has 1 aliphatic carbocycles. The molecule has 1 aromatic heterocycles. The van der Waals surface area contributed by atoms with Gasteiger partial charge in [0.05, 0.1) is 22.8 Å². The highest BCUT2D eigenvalue weighted by atomic mass is 16.5. The predicted molar refractivity (Wildman–Crippen MR) is 152 cm³/mol. The summed E-state index contributed by atoms with van der Waals surface area (Å²) in [6.07, 6.45) is 5.06. The van der Waals surface area contributed by atoms with Crippen LogP contribution in [0.25, 0.3) is 17.0 Å². The second-order valence-electron chi connectivity index (χ2n) is 10.1. The number of para-hydroxylation sites is 1. The number of esters is 1. The number of fused-ring (bicyclic) bond motifs is 2. The lowest BCUT2D eigenvalue weighted by Crippen LogP contribution is -2.34. The summed E-state index contributed by atoms with van der Waals surface area (Å²) in [5, 5.41) is 7.14. The molecule has 0 radical (unpaired) electrons. The topological polar surface area (TPSA) is 71.9 Å². The van der Waals surface area contributed by atoms with Gasteiger partial charge in [0.1, 0.15) is 0 Å². The molecule has 39 heavy (non-hydrogen) atoms. The van der Waals surface area contributed by atoms with Crippen molar-refractivity contribution in [3.05, 3.63) is 119 Å². The molecule has 1 aliphatic heterocycles. The highest BCUT2D eigenvalue weighted by Gasteiger charge is 2.43. The number of benzene rings is 3. The van der Waals surface area contributed by atoms with Crippen molar-refractivity contribution in [2.24, 2.45) is 11.0 Å². The van der Waals surface area contributed by atoms with E-state index >= 15 is 0 Å². The fourth-order valence-corrected chi connectivity index (χ4v) is 5.69. The molecule has 3 aromatic carbocycles. The summed E-state index contributed by atoms with van der Waals surface area (Å²) in [4.78, 5) is 31.2.